The second-order valence-electron chi connectivity index (χ2n) is 8.51. The summed E-state index contributed by atoms with van der Waals surface area (Å²) in [7, 11) is -4.59. The van der Waals surface area contributed by atoms with E-state index in [9.17, 15) is 21.6 Å². The van der Waals surface area contributed by atoms with Crippen LogP contribution >= 0.6 is 11.6 Å². The normalized spacial score (nSPS) is 17.3. The minimum absolute atomic E-state index is 0.00332. The molecule has 1 aliphatic rings. The molecule has 0 aliphatic carbocycles. The highest BCUT2D eigenvalue weighted by Gasteiger charge is 2.33. The summed E-state index contributed by atoms with van der Waals surface area (Å²) in [5.74, 6) is -0.491. The van der Waals surface area contributed by atoms with Crippen molar-refractivity contribution in [3.63, 3.8) is 0 Å². The van der Waals surface area contributed by atoms with E-state index in [0.29, 0.717) is 23.2 Å². The molecule has 12 heteroatoms. The number of hydrogen-bond donors (Lipinski definition) is 1. The first kappa shape index (κ1) is 27.3. The zero-order valence-corrected chi connectivity index (χ0v) is 21.7. The summed E-state index contributed by atoms with van der Waals surface area (Å²) in [6.07, 6.45) is -4.20. The van der Waals surface area contributed by atoms with Gasteiger partial charge in [-0.15, -0.1) is 4.40 Å². The third kappa shape index (κ3) is 6.40. The van der Waals surface area contributed by atoms with Crippen LogP contribution in [-0.2, 0) is 16.2 Å². The van der Waals surface area contributed by atoms with Crippen LogP contribution in [0.5, 0.6) is 0 Å². The number of rotatable bonds is 4. The summed E-state index contributed by atoms with van der Waals surface area (Å²) in [6, 6.07) is 20.1. The first-order valence-electron chi connectivity index (χ1n) is 11.4. The van der Waals surface area contributed by atoms with Gasteiger partial charge in [0.2, 0.25) is 0 Å². The quantitative estimate of drug-likeness (QED) is 0.327. The van der Waals surface area contributed by atoms with Crippen LogP contribution in [0.2, 0.25) is 5.02 Å². The van der Waals surface area contributed by atoms with E-state index < -0.39 is 26.7 Å². The van der Waals surface area contributed by atoms with Crippen molar-refractivity contribution >= 4 is 39.1 Å². The van der Waals surface area contributed by atoms with Crippen molar-refractivity contribution < 1.29 is 21.6 Å². The maximum atomic E-state index is 13.2. The van der Waals surface area contributed by atoms with Crippen molar-refractivity contribution in [2.75, 3.05) is 6.54 Å². The average Bonchev–Trinajstić information content (AvgIpc) is 2.88. The number of guanidine groups is 1. The van der Waals surface area contributed by atoms with Crippen LogP contribution in [0.4, 0.5) is 13.2 Å². The number of halogens is 4. The van der Waals surface area contributed by atoms with E-state index in [1.54, 1.807) is 24.3 Å². The number of amidine groups is 1. The molecule has 7 nitrogen and oxygen atoms in total. The molecule has 1 heterocycles. The Labute approximate surface area is 223 Å². The molecule has 2 N–H and O–H groups in total. The van der Waals surface area contributed by atoms with Crippen LogP contribution in [0.25, 0.3) is 0 Å². The van der Waals surface area contributed by atoms with Crippen molar-refractivity contribution in [1.82, 2.24) is 5.01 Å². The number of benzene rings is 3. The lowest BCUT2D eigenvalue weighted by molar-refractivity contribution is -0.137. The van der Waals surface area contributed by atoms with Gasteiger partial charge in [-0.25, -0.2) is 5.01 Å². The van der Waals surface area contributed by atoms with E-state index in [1.165, 1.54) is 11.9 Å². The van der Waals surface area contributed by atoms with E-state index in [0.717, 1.165) is 29.3 Å². The van der Waals surface area contributed by atoms with Crippen molar-refractivity contribution in [2.24, 2.45) is 20.2 Å². The van der Waals surface area contributed by atoms with Crippen LogP contribution in [0, 0.1) is 0 Å². The summed E-state index contributed by atoms with van der Waals surface area (Å²) >= 11 is 6.07. The molecule has 0 saturated heterocycles. The molecule has 0 spiro atoms. The molecular formula is C26H23ClF3N5O2S. The van der Waals surface area contributed by atoms with Crippen molar-refractivity contribution in [2.45, 2.75) is 30.3 Å². The zero-order chi connectivity index (χ0) is 27.5. The minimum atomic E-state index is -4.72. The Morgan fingerprint density at radius 3 is 2.37 bits per heavy atom. The average molecular weight is 562 g/mol. The molecular weight excluding hydrogens is 539 g/mol. The largest absolute Gasteiger partial charge is 0.416 e. The minimum Gasteiger partial charge on any atom is -0.387 e. The Balaban J connectivity index is 1.81. The van der Waals surface area contributed by atoms with Gasteiger partial charge in [-0.05, 0) is 54.8 Å². The highest BCUT2D eigenvalue weighted by Crippen LogP contribution is 2.32. The lowest BCUT2D eigenvalue weighted by Crippen LogP contribution is -2.36. The fraction of sp³-hybridized carbons (Fsp3) is 0.192. The van der Waals surface area contributed by atoms with Gasteiger partial charge in [0, 0.05) is 17.5 Å². The first-order valence-corrected chi connectivity index (χ1v) is 13.3. The first-order chi connectivity index (χ1) is 17.9. The number of nitrogens with two attached hydrogens (primary N) is 1. The molecule has 1 unspecified atom stereocenters. The number of aliphatic imine (C=N–C) groups is 1. The lowest BCUT2D eigenvalue weighted by Gasteiger charge is -2.30. The number of hydrogen-bond acceptors (Lipinski definition) is 3. The Hall–Kier alpha value is -3.70. The summed E-state index contributed by atoms with van der Waals surface area (Å²) in [6.45, 7) is 1.66. The lowest BCUT2D eigenvalue weighted by atomic mass is 9.86. The van der Waals surface area contributed by atoms with Gasteiger partial charge < -0.3 is 5.73 Å². The monoisotopic (exact) mass is 561 g/mol. The van der Waals surface area contributed by atoms with E-state index in [-0.39, 0.29) is 24.3 Å². The number of nitrogens with zero attached hydrogens (tertiary/aromatic N) is 4. The molecule has 0 radical (unpaired) electrons. The smallest absolute Gasteiger partial charge is 0.387 e. The number of hydrazone groups is 1. The predicted octanol–water partition coefficient (Wildman–Crippen LogP) is 5.67. The van der Waals surface area contributed by atoms with Gasteiger partial charge in [0.05, 0.1) is 22.0 Å². The molecule has 0 saturated carbocycles. The summed E-state index contributed by atoms with van der Waals surface area (Å²) in [5, 5.41) is 6.53. The predicted molar refractivity (Wildman–Crippen MR) is 142 cm³/mol. The van der Waals surface area contributed by atoms with Crippen LogP contribution < -0.4 is 5.73 Å². The third-order valence-corrected chi connectivity index (χ3v) is 7.20. The van der Waals surface area contributed by atoms with E-state index in [1.807, 2.05) is 30.3 Å². The molecule has 1 aliphatic heterocycles. The molecule has 0 fully saturated rings. The van der Waals surface area contributed by atoms with Crippen molar-refractivity contribution in [1.29, 1.82) is 0 Å². The van der Waals surface area contributed by atoms with Gasteiger partial charge in [0.1, 0.15) is 0 Å². The fourth-order valence-electron chi connectivity index (χ4n) is 3.95. The maximum absolute atomic E-state index is 13.2. The number of alkyl halides is 3. The SMILES string of the molecule is CC(N)=NC(=NS(=O)(=O)c1cccc(C(F)(F)F)c1)N1CCC(c2ccccc2)C(c2ccc(Cl)cc2)=N1. The molecule has 198 valence electrons. The van der Waals surface area contributed by atoms with Gasteiger partial charge in [0.15, 0.2) is 0 Å². The van der Waals surface area contributed by atoms with Crippen LogP contribution in [0.15, 0.2) is 98.2 Å². The van der Waals surface area contributed by atoms with E-state index in [4.69, 9.17) is 22.4 Å². The highest BCUT2D eigenvalue weighted by atomic mass is 35.5. The molecule has 0 amide bonds. The van der Waals surface area contributed by atoms with Crippen LogP contribution in [0.1, 0.15) is 36.0 Å². The van der Waals surface area contributed by atoms with E-state index >= 15 is 0 Å². The van der Waals surface area contributed by atoms with Gasteiger partial charge in [0.25, 0.3) is 16.0 Å². The van der Waals surface area contributed by atoms with Crippen LogP contribution in [-0.4, -0.2) is 37.5 Å². The summed E-state index contributed by atoms with van der Waals surface area (Å²) in [5.41, 5.74) is 7.02. The molecule has 0 aromatic heterocycles. The third-order valence-electron chi connectivity index (χ3n) is 5.70. The summed E-state index contributed by atoms with van der Waals surface area (Å²) in [4.78, 5) is 3.43. The second-order valence-corrected chi connectivity index (χ2v) is 10.6. The molecule has 4 rings (SSSR count). The zero-order valence-electron chi connectivity index (χ0n) is 20.1. The van der Waals surface area contributed by atoms with Crippen LogP contribution in [0.3, 0.4) is 0 Å². The van der Waals surface area contributed by atoms with Gasteiger partial charge >= 0.3 is 6.18 Å². The fourth-order valence-corrected chi connectivity index (χ4v) is 5.06. The highest BCUT2D eigenvalue weighted by molar-refractivity contribution is 7.90. The summed E-state index contributed by atoms with van der Waals surface area (Å²) < 4.78 is 69.4. The van der Waals surface area contributed by atoms with E-state index in [2.05, 4.69) is 9.39 Å². The Bertz CT molecular complexity index is 1500. The van der Waals surface area contributed by atoms with Gasteiger partial charge in [-0.1, -0.05) is 60.1 Å². The van der Waals surface area contributed by atoms with Gasteiger partial charge in [-0.2, -0.15) is 31.7 Å². The van der Waals surface area contributed by atoms with Crippen molar-refractivity contribution in [3.8, 4) is 0 Å². The molecule has 3 aromatic rings. The molecule has 0 bridgehead atoms. The molecule has 3 aromatic carbocycles. The standard InChI is InChI=1S/C26H23ClF3N5O2S/c1-17(31)32-25(34-38(36,37)22-9-5-8-20(16-22)26(28,29)30)35-15-14-23(18-6-3-2-4-7-18)24(33-35)19-10-12-21(27)13-11-19/h2-13,16,23H,14-15H2,1H3,(H2,31,32,34). The Morgan fingerprint density at radius 2 is 1.74 bits per heavy atom. The topological polar surface area (TPSA) is 100 Å². The second kappa shape index (κ2) is 11.0. The molecule has 1 atom stereocenters. The van der Waals surface area contributed by atoms with Gasteiger partial charge in [-0.3, -0.25) is 0 Å². The maximum Gasteiger partial charge on any atom is 0.416 e. The molecule has 38 heavy (non-hydrogen) atoms. The Kier molecular flexibility index (Phi) is 7.89. The number of sulfonamides is 1. The Morgan fingerprint density at radius 1 is 1.05 bits per heavy atom. The van der Waals surface area contributed by atoms with Crippen molar-refractivity contribution in [3.05, 3.63) is 101 Å².